The van der Waals surface area contributed by atoms with Gasteiger partial charge in [0.15, 0.2) is 5.15 Å². The molecule has 2 aliphatic heterocycles. The Morgan fingerprint density at radius 2 is 1.81 bits per heavy atom. The molecule has 1 saturated carbocycles. The molecule has 1 aromatic carbocycles. The van der Waals surface area contributed by atoms with Crippen molar-refractivity contribution in [3.8, 4) is 0 Å². The van der Waals surface area contributed by atoms with Crippen LogP contribution in [0.25, 0.3) is 5.70 Å². The number of carbonyl (C=O) groups is 1. The first-order valence-electron chi connectivity index (χ1n) is 11.5. The molecule has 196 valence electrons. The predicted octanol–water partition coefficient (Wildman–Crippen LogP) is 5.73. The van der Waals surface area contributed by atoms with E-state index in [0.29, 0.717) is 17.2 Å². The predicted molar refractivity (Wildman–Crippen MR) is 128 cm³/mol. The summed E-state index contributed by atoms with van der Waals surface area (Å²) in [5.74, 6) is -4.94. The molecule has 2 aromatic rings. The van der Waals surface area contributed by atoms with Crippen molar-refractivity contribution in [3.05, 3.63) is 46.7 Å². The number of benzene rings is 1. The number of aromatic nitrogens is 2. The van der Waals surface area contributed by atoms with Gasteiger partial charge >= 0.3 is 6.18 Å². The number of alkyl halides is 5. The van der Waals surface area contributed by atoms with Gasteiger partial charge in [-0.25, -0.2) is 13.5 Å². The fourth-order valence-electron chi connectivity index (χ4n) is 5.22. The molecular formula is C24H27ClF5N5O. The van der Waals surface area contributed by atoms with Crippen LogP contribution in [0, 0.1) is 10.8 Å². The molecular weight excluding hydrogens is 505 g/mol. The molecule has 1 aliphatic carbocycles. The highest BCUT2D eigenvalue weighted by molar-refractivity contribution is 6.29. The zero-order valence-corrected chi connectivity index (χ0v) is 21.2. The summed E-state index contributed by atoms with van der Waals surface area (Å²) in [6.45, 7) is 6.02. The van der Waals surface area contributed by atoms with Gasteiger partial charge in [-0.3, -0.25) is 4.79 Å². The molecule has 2 N–H and O–H groups in total. The smallest absolute Gasteiger partial charge is 0.364 e. The second-order valence-corrected chi connectivity index (χ2v) is 9.65. The summed E-state index contributed by atoms with van der Waals surface area (Å²) in [4.78, 5) is 13.6. The van der Waals surface area contributed by atoms with E-state index < -0.39 is 41.3 Å². The van der Waals surface area contributed by atoms with Gasteiger partial charge in [-0.15, -0.1) is 0 Å². The summed E-state index contributed by atoms with van der Waals surface area (Å²) < 4.78 is 73.1. The quantitative estimate of drug-likeness (QED) is 0.497. The number of nitrogens with zero attached hydrogens (tertiary/aromatic N) is 3. The normalized spacial score (nSPS) is 28.0. The van der Waals surface area contributed by atoms with Gasteiger partial charge in [0, 0.05) is 25.3 Å². The van der Waals surface area contributed by atoms with Gasteiger partial charge in [-0.2, -0.15) is 18.3 Å². The minimum Gasteiger partial charge on any atom is -0.364 e. The van der Waals surface area contributed by atoms with E-state index >= 15 is 0 Å². The van der Waals surface area contributed by atoms with Crippen LogP contribution in [0.1, 0.15) is 39.2 Å². The van der Waals surface area contributed by atoms with Crippen molar-refractivity contribution in [2.24, 2.45) is 10.8 Å². The summed E-state index contributed by atoms with van der Waals surface area (Å²) in [6.07, 6.45) is -4.58. The molecule has 3 heterocycles. The summed E-state index contributed by atoms with van der Waals surface area (Å²) in [6, 6.07) is 7.35. The maximum absolute atomic E-state index is 14.5. The Kier molecular flexibility index (Phi) is 6.09. The van der Waals surface area contributed by atoms with Crippen molar-refractivity contribution in [1.29, 1.82) is 0 Å². The van der Waals surface area contributed by atoms with E-state index in [2.05, 4.69) is 15.7 Å². The van der Waals surface area contributed by atoms with Crippen molar-refractivity contribution in [3.63, 3.8) is 0 Å². The minimum absolute atomic E-state index is 0.0226. The van der Waals surface area contributed by atoms with Crippen LogP contribution in [0.15, 0.2) is 36.0 Å². The molecule has 1 amide bonds. The zero-order chi connectivity index (χ0) is 26.8. The maximum Gasteiger partial charge on any atom is 0.401 e. The third-order valence-electron chi connectivity index (χ3n) is 7.34. The zero-order valence-electron chi connectivity index (χ0n) is 20.4. The van der Waals surface area contributed by atoms with Gasteiger partial charge in [-0.1, -0.05) is 37.6 Å². The SMILES string of the molecule is CC.CNC(=O)C1(C)C(c2ccc(N3CC(C)(C(F)(F)F)C4=C3CNc3cc(Cl)nn34)cc2)C1(F)F. The van der Waals surface area contributed by atoms with E-state index in [-0.39, 0.29) is 23.0 Å². The Morgan fingerprint density at radius 3 is 2.36 bits per heavy atom. The second-order valence-electron chi connectivity index (χ2n) is 9.26. The van der Waals surface area contributed by atoms with Gasteiger partial charge in [-0.05, 0) is 31.5 Å². The summed E-state index contributed by atoms with van der Waals surface area (Å²) in [5, 5.41) is 9.42. The van der Waals surface area contributed by atoms with Crippen LogP contribution in [-0.4, -0.2) is 47.9 Å². The van der Waals surface area contributed by atoms with Gasteiger partial charge in [0.05, 0.1) is 23.9 Å². The molecule has 3 aliphatic rings. The van der Waals surface area contributed by atoms with E-state index in [0.717, 1.165) is 6.92 Å². The van der Waals surface area contributed by atoms with Crippen LogP contribution in [0.4, 0.5) is 33.5 Å². The van der Waals surface area contributed by atoms with Crippen molar-refractivity contribution in [2.75, 3.05) is 30.4 Å². The van der Waals surface area contributed by atoms with Crippen molar-refractivity contribution < 1.29 is 26.7 Å². The maximum atomic E-state index is 14.5. The topological polar surface area (TPSA) is 62.2 Å². The monoisotopic (exact) mass is 531 g/mol. The number of rotatable bonds is 3. The fourth-order valence-corrected chi connectivity index (χ4v) is 5.40. The van der Waals surface area contributed by atoms with Gasteiger partial charge in [0.2, 0.25) is 5.91 Å². The van der Waals surface area contributed by atoms with Crippen molar-refractivity contribution in [2.45, 2.75) is 45.7 Å². The van der Waals surface area contributed by atoms with Gasteiger partial charge < -0.3 is 15.5 Å². The lowest BCUT2D eigenvalue weighted by molar-refractivity contribution is -0.192. The summed E-state index contributed by atoms with van der Waals surface area (Å²) in [7, 11) is 1.30. The van der Waals surface area contributed by atoms with Crippen LogP contribution < -0.4 is 15.5 Å². The summed E-state index contributed by atoms with van der Waals surface area (Å²) in [5.41, 5.74) is -3.11. The van der Waals surface area contributed by atoms with Crippen molar-refractivity contribution >= 4 is 34.7 Å². The standard InChI is InChI=1S/C22H21ClF5N5O.C2H6/c1-19(22(26,27)28)10-32(13-9-30-15-8-14(23)31-33(15)17(13)19)12-6-4-11(5-7-12)16-20(2,18(34)29-3)21(16,24)25;1-2/h4-8,16,30H,9-10H2,1-3H3,(H,29,34);1-2H3. The lowest BCUT2D eigenvalue weighted by Gasteiger charge is -2.31. The fraction of sp³-hybridized carbons (Fsp3) is 0.500. The number of halogens is 6. The lowest BCUT2D eigenvalue weighted by atomic mass is 9.87. The highest BCUT2D eigenvalue weighted by atomic mass is 35.5. The largest absolute Gasteiger partial charge is 0.401 e. The number of anilines is 2. The molecule has 1 fully saturated rings. The van der Waals surface area contributed by atoms with Crippen LogP contribution in [0.3, 0.4) is 0 Å². The third-order valence-corrected chi connectivity index (χ3v) is 7.52. The number of hydrogen-bond donors (Lipinski definition) is 2. The first-order valence-corrected chi connectivity index (χ1v) is 11.9. The van der Waals surface area contributed by atoms with Crippen LogP contribution in [-0.2, 0) is 4.79 Å². The third kappa shape index (κ3) is 3.42. The first-order chi connectivity index (χ1) is 16.8. The molecule has 6 nitrogen and oxygen atoms in total. The molecule has 0 saturated heterocycles. The molecule has 5 rings (SSSR count). The average Bonchev–Trinajstić information content (AvgIpc) is 3.12. The molecule has 36 heavy (non-hydrogen) atoms. The van der Waals surface area contributed by atoms with Gasteiger partial charge in [0.1, 0.15) is 16.6 Å². The lowest BCUT2D eigenvalue weighted by Crippen LogP contribution is -2.41. The van der Waals surface area contributed by atoms with E-state index in [4.69, 9.17) is 11.6 Å². The minimum atomic E-state index is -4.58. The molecule has 3 atom stereocenters. The second kappa shape index (κ2) is 8.36. The number of nitrogens with one attached hydrogen (secondary N) is 2. The van der Waals surface area contributed by atoms with E-state index in [1.807, 2.05) is 13.8 Å². The highest BCUT2D eigenvalue weighted by Crippen LogP contribution is 2.71. The Balaban J connectivity index is 0.00000148. The number of hydrogen-bond acceptors (Lipinski definition) is 4. The molecule has 12 heteroatoms. The highest BCUT2D eigenvalue weighted by Gasteiger charge is 2.82. The van der Waals surface area contributed by atoms with E-state index in [1.54, 1.807) is 0 Å². The Morgan fingerprint density at radius 1 is 1.19 bits per heavy atom. The molecule has 0 radical (unpaired) electrons. The van der Waals surface area contributed by atoms with Crippen LogP contribution in [0.5, 0.6) is 0 Å². The van der Waals surface area contributed by atoms with E-state index in [1.165, 1.54) is 53.9 Å². The molecule has 1 aromatic heterocycles. The average molecular weight is 532 g/mol. The van der Waals surface area contributed by atoms with Crippen molar-refractivity contribution in [1.82, 2.24) is 15.1 Å². The Bertz CT molecular complexity index is 1220. The van der Waals surface area contributed by atoms with Gasteiger partial charge in [0.25, 0.3) is 5.92 Å². The summed E-state index contributed by atoms with van der Waals surface area (Å²) >= 11 is 5.95. The number of carbonyl (C=O) groups excluding carboxylic acids is 1. The Labute approximate surface area is 210 Å². The first kappa shape index (κ1) is 26.2. The Hall–Kier alpha value is -2.82. The molecule has 3 unspecified atom stereocenters. The number of fused-ring (bicyclic) bond motifs is 2. The van der Waals surface area contributed by atoms with Crippen LogP contribution in [0.2, 0.25) is 5.15 Å². The molecule has 0 bridgehead atoms. The number of amides is 1. The van der Waals surface area contributed by atoms with E-state index in [9.17, 15) is 26.7 Å². The van der Waals surface area contributed by atoms with Crippen LogP contribution >= 0.6 is 11.6 Å². The molecule has 0 spiro atoms.